The van der Waals surface area contributed by atoms with Crippen molar-refractivity contribution in [3.63, 3.8) is 0 Å². The molecule has 0 bridgehead atoms. The van der Waals surface area contributed by atoms with E-state index < -0.39 is 6.10 Å². The molecule has 3 aromatic rings. The highest BCUT2D eigenvalue weighted by molar-refractivity contribution is 6.06. The fraction of sp³-hybridized carbons (Fsp3) is 0.261. The van der Waals surface area contributed by atoms with Gasteiger partial charge in [-0.3, -0.25) is 9.59 Å². The average Bonchev–Trinajstić information content (AvgIpc) is 3.04. The zero-order chi connectivity index (χ0) is 21.4. The Hall–Kier alpha value is -3.61. The average molecular weight is 405 g/mol. The van der Waals surface area contributed by atoms with Crippen molar-refractivity contribution < 1.29 is 18.8 Å². The van der Waals surface area contributed by atoms with E-state index in [1.54, 1.807) is 36.1 Å². The van der Waals surface area contributed by atoms with Gasteiger partial charge in [0.2, 0.25) is 0 Å². The number of ether oxygens (including phenoxy) is 1. The summed E-state index contributed by atoms with van der Waals surface area (Å²) in [7, 11) is 0. The van der Waals surface area contributed by atoms with Gasteiger partial charge >= 0.3 is 0 Å². The second kappa shape index (κ2) is 7.67. The lowest BCUT2D eigenvalue weighted by Gasteiger charge is -2.33. The van der Waals surface area contributed by atoms with Crippen LogP contribution in [0, 0.1) is 20.8 Å². The molecular weight excluding hydrogens is 382 g/mol. The third-order valence-electron chi connectivity index (χ3n) is 5.31. The number of amides is 2. The van der Waals surface area contributed by atoms with Gasteiger partial charge in [0.15, 0.2) is 6.10 Å². The smallest absolute Gasteiger partial charge is 0.268 e. The van der Waals surface area contributed by atoms with Gasteiger partial charge in [-0.05, 0) is 57.5 Å². The molecule has 0 saturated heterocycles. The highest BCUT2D eigenvalue weighted by atomic mass is 16.5. The summed E-state index contributed by atoms with van der Waals surface area (Å²) in [5.74, 6) is 0.888. The van der Waals surface area contributed by atoms with Crippen molar-refractivity contribution in [3.05, 3.63) is 70.6 Å². The van der Waals surface area contributed by atoms with E-state index in [0.29, 0.717) is 35.0 Å². The summed E-state index contributed by atoms with van der Waals surface area (Å²) >= 11 is 0. The molecule has 2 amide bonds. The van der Waals surface area contributed by atoms with Crippen LogP contribution in [-0.4, -0.2) is 23.1 Å². The Kier molecular flexibility index (Phi) is 5.03. The predicted octanol–water partition coefficient (Wildman–Crippen LogP) is 4.17. The van der Waals surface area contributed by atoms with Crippen LogP contribution in [0.1, 0.15) is 39.9 Å². The molecule has 1 unspecified atom stereocenters. The number of aryl methyl sites for hydroxylation is 3. The molecule has 1 aliphatic heterocycles. The number of hydrogen-bond donors (Lipinski definition) is 1. The molecule has 0 radical (unpaired) electrons. The van der Waals surface area contributed by atoms with Crippen LogP contribution in [0.15, 0.2) is 47.0 Å². The van der Waals surface area contributed by atoms with E-state index in [2.05, 4.69) is 10.5 Å². The van der Waals surface area contributed by atoms with Crippen LogP contribution in [0.2, 0.25) is 0 Å². The minimum absolute atomic E-state index is 0.162. The number of carbonyl (C=O) groups excluding carboxylic acids is 2. The van der Waals surface area contributed by atoms with Crippen molar-refractivity contribution in [1.29, 1.82) is 0 Å². The molecule has 1 N–H and O–H groups in total. The van der Waals surface area contributed by atoms with Crippen molar-refractivity contribution in [2.45, 2.75) is 40.3 Å². The number of nitrogens with zero attached hydrogens (tertiary/aromatic N) is 2. The number of rotatable bonds is 4. The van der Waals surface area contributed by atoms with E-state index in [1.165, 1.54) is 0 Å². The SMILES string of the molecule is Cc1ccccc1C(=O)Nc1ccc2c(c1)N(Cc1c(C)noc1C)C(=O)C(C)O2. The third kappa shape index (κ3) is 3.54. The van der Waals surface area contributed by atoms with Crippen LogP contribution in [0.25, 0.3) is 0 Å². The van der Waals surface area contributed by atoms with Crippen LogP contribution in [0.5, 0.6) is 5.75 Å². The van der Waals surface area contributed by atoms with Crippen LogP contribution < -0.4 is 15.0 Å². The molecule has 7 nitrogen and oxygen atoms in total. The van der Waals surface area contributed by atoms with Crippen LogP contribution in [-0.2, 0) is 11.3 Å². The first-order valence-corrected chi connectivity index (χ1v) is 9.76. The molecule has 0 aliphatic carbocycles. The van der Waals surface area contributed by atoms with Crippen LogP contribution in [0.3, 0.4) is 0 Å². The highest BCUT2D eigenvalue weighted by Gasteiger charge is 2.33. The zero-order valence-electron chi connectivity index (χ0n) is 17.4. The Morgan fingerprint density at radius 3 is 2.63 bits per heavy atom. The monoisotopic (exact) mass is 405 g/mol. The predicted molar refractivity (Wildman–Crippen MR) is 113 cm³/mol. The lowest BCUT2D eigenvalue weighted by Crippen LogP contribution is -2.44. The van der Waals surface area contributed by atoms with Gasteiger partial charge in [-0.25, -0.2) is 0 Å². The number of fused-ring (bicyclic) bond motifs is 1. The number of aromatic nitrogens is 1. The number of hydrogen-bond acceptors (Lipinski definition) is 5. The first-order chi connectivity index (χ1) is 14.3. The van der Waals surface area contributed by atoms with Crippen molar-refractivity contribution >= 4 is 23.2 Å². The lowest BCUT2D eigenvalue weighted by molar-refractivity contribution is -0.125. The van der Waals surface area contributed by atoms with Gasteiger partial charge in [-0.2, -0.15) is 0 Å². The molecule has 1 aromatic heterocycles. The summed E-state index contributed by atoms with van der Waals surface area (Å²) in [6.07, 6.45) is -0.606. The molecule has 0 fully saturated rings. The van der Waals surface area contributed by atoms with Crippen molar-refractivity contribution in [2.75, 3.05) is 10.2 Å². The fourth-order valence-electron chi connectivity index (χ4n) is 3.56. The Morgan fingerprint density at radius 1 is 1.17 bits per heavy atom. The summed E-state index contributed by atoms with van der Waals surface area (Å²) in [5.41, 5.74) is 4.27. The first kappa shape index (κ1) is 19.7. The number of anilines is 2. The molecule has 154 valence electrons. The quantitative estimate of drug-likeness (QED) is 0.704. The van der Waals surface area contributed by atoms with Crippen molar-refractivity contribution in [3.8, 4) is 5.75 Å². The maximum Gasteiger partial charge on any atom is 0.268 e. The number of benzene rings is 2. The first-order valence-electron chi connectivity index (χ1n) is 9.76. The highest BCUT2D eigenvalue weighted by Crippen LogP contribution is 2.38. The normalized spacial score (nSPS) is 15.5. The number of nitrogens with one attached hydrogen (secondary N) is 1. The van der Waals surface area contributed by atoms with Gasteiger partial charge in [0.05, 0.1) is 17.9 Å². The second-order valence-corrected chi connectivity index (χ2v) is 7.44. The number of carbonyl (C=O) groups is 2. The largest absolute Gasteiger partial charge is 0.479 e. The Morgan fingerprint density at radius 2 is 1.93 bits per heavy atom. The van der Waals surface area contributed by atoms with E-state index in [4.69, 9.17) is 9.26 Å². The second-order valence-electron chi connectivity index (χ2n) is 7.44. The van der Waals surface area contributed by atoms with E-state index in [9.17, 15) is 9.59 Å². The van der Waals surface area contributed by atoms with E-state index in [0.717, 1.165) is 16.8 Å². The van der Waals surface area contributed by atoms with E-state index in [-0.39, 0.29) is 11.8 Å². The lowest BCUT2D eigenvalue weighted by atomic mass is 10.1. The van der Waals surface area contributed by atoms with Crippen LogP contribution >= 0.6 is 0 Å². The topological polar surface area (TPSA) is 84.7 Å². The molecule has 4 rings (SSSR count). The summed E-state index contributed by atoms with van der Waals surface area (Å²) in [5, 5.41) is 6.89. The van der Waals surface area contributed by atoms with Gasteiger partial charge in [0.25, 0.3) is 11.8 Å². The Balaban J connectivity index is 1.67. The summed E-state index contributed by atoms with van der Waals surface area (Å²) < 4.78 is 11.0. The molecule has 2 aromatic carbocycles. The molecule has 0 spiro atoms. The van der Waals surface area contributed by atoms with Crippen molar-refractivity contribution in [2.24, 2.45) is 0 Å². The molecular formula is C23H23N3O4. The summed E-state index contributed by atoms with van der Waals surface area (Å²) in [4.78, 5) is 27.3. The molecule has 2 heterocycles. The van der Waals surface area contributed by atoms with Gasteiger partial charge in [-0.15, -0.1) is 0 Å². The summed E-state index contributed by atoms with van der Waals surface area (Å²) in [6.45, 7) is 7.60. The van der Waals surface area contributed by atoms with E-state index in [1.807, 2.05) is 39.0 Å². The maximum atomic E-state index is 12.9. The van der Waals surface area contributed by atoms with Gasteiger partial charge in [0, 0.05) is 16.8 Å². The van der Waals surface area contributed by atoms with Crippen molar-refractivity contribution in [1.82, 2.24) is 5.16 Å². The molecule has 0 saturated carbocycles. The summed E-state index contributed by atoms with van der Waals surface area (Å²) in [6, 6.07) is 12.7. The molecule has 7 heteroatoms. The minimum Gasteiger partial charge on any atom is -0.479 e. The maximum absolute atomic E-state index is 12.9. The zero-order valence-corrected chi connectivity index (χ0v) is 17.4. The molecule has 1 atom stereocenters. The van der Waals surface area contributed by atoms with Gasteiger partial charge in [0.1, 0.15) is 11.5 Å². The molecule has 1 aliphatic rings. The van der Waals surface area contributed by atoms with Crippen LogP contribution in [0.4, 0.5) is 11.4 Å². The minimum atomic E-state index is -0.606. The van der Waals surface area contributed by atoms with Gasteiger partial charge < -0.3 is 19.5 Å². The van der Waals surface area contributed by atoms with Gasteiger partial charge in [-0.1, -0.05) is 23.4 Å². The van der Waals surface area contributed by atoms with E-state index >= 15 is 0 Å². The third-order valence-corrected chi connectivity index (χ3v) is 5.31. The standard InChI is InChI=1S/C23H23N3O4/c1-13-7-5-6-8-18(13)22(27)24-17-9-10-21-20(11-17)26(23(28)16(4)29-21)12-19-14(2)25-30-15(19)3/h5-11,16H,12H2,1-4H3,(H,24,27). The Bertz CT molecular complexity index is 1120. The Labute approximate surface area is 174 Å². The fourth-order valence-corrected chi connectivity index (χ4v) is 3.56. The molecule has 30 heavy (non-hydrogen) atoms.